The quantitative estimate of drug-likeness (QED) is 0.565. The normalized spacial score (nSPS) is 11.3. The highest BCUT2D eigenvalue weighted by atomic mass is 35.5. The van der Waals surface area contributed by atoms with Crippen LogP contribution in [-0.4, -0.2) is 10.9 Å². The molecule has 2 aromatic carbocycles. The number of carbonyl (C=O) groups is 1. The van der Waals surface area contributed by atoms with E-state index in [0.717, 1.165) is 23.8 Å². The summed E-state index contributed by atoms with van der Waals surface area (Å²) in [5, 5.41) is 4.40. The van der Waals surface area contributed by atoms with Gasteiger partial charge in [0.05, 0.1) is 5.02 Å². The largest absolute Gasteiger partial charge is 0.487 e. The Kier molecular flexibility index (Phi) is 5.72. The number of nitrogens with zero attached hydrogens (tertiary/aromatic N) is 1. The van der Waals surface area contributed by atoms with Crippen molar-refractivity contribution in [2.45, 2.75) is 19.5 Å². The molecule has 0 atom stereocenters. The summed E-state index contributed by atoms with van der Waals surface area (Å²) in [5.74, 6) is -2.88. The molecular formula is C19H15ClF2N2O2S. The van der Waals surface area contributed by atoms with E-state index in [2.05, 4.69) is 10.3 Å². The molecule has 0 aliphatic rings. The highest BCUT2D eigenvalue weighted by Gasteiger charge is 2.27. The van der Waals surface area contributed by atoms with E-state index in [9.17, 15) is 13.6 Å². The van der Waals surface area contributed by atoms with Crippen LogP contribution in [0.15, 0.2) is 53.9 Å². The van der Waals surface area contributed by atoms with Crippen molar-refractivity contribution in [3.8, 4) is 5.75 Å². The van der Waals surface area contributed by atoms with Gasteiger partial charge in [-0.15, -0.1) is 11.3 Å². The summed E-state index contributed by atoms with van der Waals surface area (Å²) in [6.45, 7) is 1.06. The Labute approximate surface area is 163 Å². The molecule has 3 rings (SSSR count). The lowest BCUT2D eigenvalue weighted by molar-refractivity contribution is 0.0135. The molecule has 0 aliphatic heterocycles. The monoisotopic (exact) mass is 408 g/mol. The Morgan fingerprint density at radius 3 is 2.56 bits per heavy atom. The van der Waals surface area contributed by atoms with E-state index in [1.165, 1.54) is 5.38 Å². The molecule has 140 valence electrons. The Morgan fingerprint density at radius 1 is 1.22 bits per heavy atom. The number of alkyl halides is 2. The number of aromatic nitrogens is 1. The van der Waals surface area contributed by atoms with Crippen LogP contribution < -0.4 is 10.1 Å². The molecule has 1 amide bonds. The predicted molar refractivity (Wildman–Crippen MR) is 102 cm³/mol. The third kappa shape index (κ3) is 5.02. The molecule has 1 heterocycles. The molecule has 0 spiro atoms. The van der Waals surface area contributed by atoms with Gasteiger partial charge < -0.3 is 4.74 Å². The van der Waals surface area contributed by atoms with E-state index < -0.39 is 11.8 Å². The number of ether oxygens (including phenoxy) is 1. The molecule has 0 saturated heterocycles. The molecule has 3 aromatic rings. The van der Waals surface area contributed by atoms with Crippen molar-refractivity contribution in [2.75, 3.05) is 5.32 Å². The summed E-state index contributed by atoms with van der Waals surface area (Å²) >= 11 is 6.99. The molecule has 0 fully saturated rings. The molecule has 0 unspecified atom stereocenters. The van der Waals surface area contributed by atoms with Crippen LogP contribution in [0.5, 0.6) is 5.75 Å². The van der Waals surface area contributed by atoms with Crippen LogP contribution in [0, 0.1) is 0 Å². The van der Waals surface area contributed by atoms with Gasteiger partial charge in [0.15, 0.2) is 5.13 Å². The number of thiazole rings is 1. The van der Waals surface area contributed by atoms with Gasteiger partial charge in [-0.2, -0.15) is 8.78 Å². The van der Waals surface area contributed by atoms with Crippen molar-refractivity contribution in [1.82, 2.24) is 4.98 Å². The number of para-hydroxylation sites is 1. The number of nitrogens with one attached hydrogen (secondary N) is 1. The zero-order valence-electron chi connectivity index (χ0n) is 14.2. The minimum atomic E-state index is -3.04. The van der Waals surface area contributed by atoms with E-state index in [1.807, 2.05) is 12.1 Å². The van der Waals surface area contributed by atoms with Gasteiger partial charge in [0.25, 0.3) is 11.8 Å². The standard InChI is InChI=1S/C19H15ClF2N2O2S/c1-19(21,22)16-11-27-18(23-16)24-17(25)13-8-6-12(7-9-13)10-26-15-5-3-2-4-14(15)20/h2-9,11H,10H2,1H3,(H,23,24,25). The van der Waals surface area contributed by atoms with Gasteiger partial charge in [-0.3, -0.25) is 10.1 Å². The fourth-order valence-corrected chi connectivity index (χ4v) is 3.15. The smallest absolute Gasteiger partial charge is 0.287 e. The van der Waals surface area contributed by atoms with Crippen LogP contribution in [0.3, 0.4) is 0 Å². The fraction of sp³-hybridized carbons (Fsp3) is 0.158. The first-order chi connectivity index (χ1) is 12.8. The molecule has 27 heavy (non-hydrogen) atoms. The number of amides is 1. The maximum atomic E-state index is 13.2. The van der Waals surface area contributed by atoms with Crippen molar-refractivity contribution in [3.63, 3.8) is 0 Å². The van der Waals surface area contributed by atoms with E-state index in [4.69, 9.17) is 16.3 Å². The number of carbonyl (C=O) groups excluding carboxylic acids is 1. The molecular weight excluding hydrogens is 394 g/mol. The first kappa shape index (κ1) is 19.3. The van der Waals surface area contributed by atoms with Crippen molar-refractivity contribution < 1.29 is 18.3 Å². The number of benzene rings is 2. The lowest BCUT2D eigenvalue weighted by atomic mass is 10.1. The molecule has 4 nitrogen and oxygen atoms in total. The van der Waals surface area contributed by atoms with Crippen molar-refractivity contribution in [3.05, 3.63) is 75.8 Å². The molecule has 1 N–H and O–H groups in total. The fourth-order valence-electron chi connectivity index (χ4n) is 2.18. The van der Waals surface area contributed by atoms with Crippen LogP contribution in [0.25, 0.3) is 0 Å². The molecule has 1 aromatic heterocycles. The zero-order valence-corrected chi connectivity index (χ0v) is 15.8. The average molecular weight is 409 g/mol. The molecule has 0 saturated carbocycles. The second-order valence-corrected chi connectivity index (χ2v) is 7.06. The summed E-state index contributed by atoms with van der Waals surface area (Å²) in [5.41, 5.74) is 0.875. The highest BCUT2D eigenvalue weighted by Crippen LogP contribution is 2.30. The van der Waals surface area contributed by atoms with Crippen LogP contribution in [0.2, 0.25) is 5.02 Å². The molecule has 0 aliphatic carbocycles. The van der Waals surface area contributed by atoms with Gasteiger partial charge >= 0.3 is 0 Å². The number of anilines is 1. The molecule has 8 heteroatoms. The van der Waals surface area contributed by atoms with Crippen molar-refractivity contribution in [2.24, 2.45) is 0 Å². The van der Waals surface area contributed by atoms with Gasteiger partial charge in [-0.05, 0) is 29.8 Å². The Morgan fingerprint density at radius 2 is 1.93 bits per heavy atom. The van der Waals surface area contributed by atoms with E-state index in [-0.39, 0.29) is 10.8 Å². The number of rotatable bonds is 6. The molecule has 0 bridgehead atoms. The Bertz CT molecular complexity index is 939. The van der Waals surface area contributed by atoms with Crippen molar-refractivity contribution in [1.29, 1.82) is 0 Å². The first-order valence-electron chi connectivity index (χ1n) is 7.94. The summed E-state index contributed by atoms with van der Waals surface area (Å²) < 4.78 is 32.0. The zero-order chi connectivity index (χ0) is 19.4. The minimum Gasteiger partial charge on any atom is -0.487 e. The Balaban J connectivity index is 1.60. The SMILES string of the molecule is CC(F)(F)c1csc(NC(=O)c2ccc(COc3ccccc3Cl)cc2)n1. The predicted octanol–water partition coefficient (Wildman–Crippen LogP) is 5.74. The second kappa shape index (κ2) is 8.02. The number of hydrogen-bond donors (Lipinski definition) is 1. The summed E-state index contributed by atoms with van der Waals surface area (Å²) in [6.07, 6.45) is 0. The van der Waals surface area contributed by atoms with Crippen LogP contribution >= 0.6 is 22.9 Å². The number of halogens is 3. The maximum Gasteiger partial charge on any atom is 0.287 e. The summed E-state index contributed by atoms with van der Waals surface area (Å²) in [7, 11) is 0. The van der Waals surface area contributed by atoms with E-state index >= 15 is 0 Å². The maximum absolute atomic E-state index is 13.2. The van der Waals surface area contributed by atoms with Gasteiger partial charge in [0, 0.05) is 17.9 Å². The summed E-state index contributed by atoms with van der Waals surface area (Å²) in [6, 6.07) is 13.9. The molecule has 0 radical (unpaired) electrons. The van der Waals surface area contributed by atoms with Gasteiger partial charge in [0.2, 0.25) is 0 Å². The van der Waals surface area contributed by atoms with Gasteiger partial charge in [0.1, 0.15) is 18.1 Å². The Hall–Kier alpha value is -2.51. The van der Waals surface area contributed by atoms with Crippen LogP contribution in [0.4, 0.5) is 13.9 Å². The first-order valence-corrected chi connectivity index (χ1v) is 9.20. The highest BCUT2D eigenvalue weighted by molar-refractivity contribution is 7.14. The summed E-state index contributed by atoms with van der Waals surface area (Å²) in [4.78, 5) is 16.0. The third-order valence-electron chi connectivity index (χ3n) is 3.62. The van der Waals surface area contributed by atoms with E-state index in [0.29, 0.717) is 22.9 Å². The van der Waals surface area contributed by atoms with Gasteiger partial charge in [-0.25, -0.2) is 4.98 Å². The van der Waals surface area contributed by atoms with Gasteiger partial charge in [-0.1, -0.05) is 35.9 Å². The average Bonchev–Trinajstić information content (AvgIpc) is 3.10. The number of hydrogen-bond acceptors (Lipinski definition) is 4. The lowest BCUT2D eigenvalue weighted by Crippen LogP contribution is -2.13. The minimum absolute atomic E-state index is 0.127. The van der Waals surface area contributed by atoms with Crippen molar-refractivity contribution >= 4 is 34.0 Å². The topological polar surface area (TPSA) is 51.2 Å². The van der Waals surface area contributed by atoms with Crippen LogP contribution in [0.1, 0.15) is 28.5 Å². The third-order valence-corrected chi connectivity index (χ3v) is 4.69. The second-order valence-electron chi connectivity index (χ2n) is 5.80. The lowest BCUT2D eigenvalue weighted by Gasteiger charge is -2.08. The van der Waals surface area contributed by atoms with Crippen LogP contribution in [-0.2, 0) is 12.5 Å². The van der Waals surface area contributed by atoms with E-state index in [1.54, 1.807) is 36.4 Å².